The van der Waals surface area contributed by atoms with Crippen molar-refractivity contribution in [1.29, 1.82) is 0 Å². The molecule has 0 bridgehead atoms. The number of hydrogen-bond donors (Lipinski definition) is 1. The minimum atomic E-state index is -0.306. The van der Waals surface area contributed by atoms with Crippen molar-refractivity contribution in [2.75, 3.05) is 5.32 Å². The van der Waals surface area contributed by atoms with E-state index in [4.69, 9.17) is 4.42 Å². The molecule has 0 saturated heterocycles. The van der Waals surface area contributed by atoms with Crippen molar-refractivity contribution in [3.05, 3.63) is 80.9 Å². The maximum atomic E-state index is 12.8. The zero-order chi connectivity index (χ0) is 17.9. The van der Waals surface area contributed by atoms with Gasteiger partial charge in [-0.3, -0.25) is 10.1 Å². The predicted octanol–water partition coefficient (Wildman–Crippen LogP) is 4.98. The Morgan fingerprint density at radius 3 is 2.77 bits per heavy atom. The average Bonchev–Trinajstić information content (AvgIpc) is 3.16. The molecule has 0 spiro atoms. The molecule has 26 heavy (non-hydrogen) atoms. The fourth-order valence-electron chi connectivity index (χ4n) is 2.42. The van der Waals surface area contributed by atoms with Crippen LogP contribution >= 0.6 is 33.9 Å². The van der Waals surface area contributed by atoms with Crippen LogP contribution in [-0.4, -0.2) is 10.9 Å². The van der Waals surface area contributed by atoms with Crippen LogP contribution in [0, 0.1) is 3.57 Å². The first-order valence-electron chi connectivity index (χ1n) is 7.74. The van der Waals surface area contributed by atoms with Crippen molar-refractivity contribution in [2.24, 2.45) is 4.99 Å². The summed E-state index contributed by atoms with van der Waals surface area (Å²) in [5.41, 5.74) is 2.04. The molecule has 5 nitrogen and oxygen atoms in total. The van der Waals surface area contributed by atoms with Crippen molar-refractivity contribution in [3.63, 3.8) is 0 Å². The van der Waals surface area contributed by atoms with Crippen LogP contribution in [0.3, 0.4) is 0 Å². The Bertz CT molecular complexity index is 1150. The minimum Gasteiger partial charge on any atom is -0.438 e. The molecule has 128 valence electrons. The summed E-state index contributed by atoms with van der Waals surface area (Å²) in [6.45, 7) is 0. The third-order valence-corrected chi connectivity index (χ3v) is 5.23. The number of halogens is 1. The van der Waals surface area contributed by atoms with Gasteiger partial charge in [-0.1, -0.05) is 30.3 Å². The van der Waals surface area contributed by atoms with Gasteiger partial charge in [0.1, 0.15) is 11.1 Å². The highest BCUT2D eigenvalue weighted by atomic mass is 127. The SMILES string of the molecule is O=C(Nc1nccs1)c1cc2ccccc2oc1=Nc1ccccc1I. The molecule has 2 aromatic heterocycles. The average molecular weight is 473 g/mol. The molecule has 0 fully saturated rings. The Labute approximate surface area is 166 Å². The Morgan fingerprint density at radius 2 is 1.96 bits per heavy atom. The zero-order valence-electron chi connectivity index (χ0n) is 13.3. The molecule has 1 N–H and O–H groups in total. The molecule has 2 aromatic carbocycles. The van der Waals surface area contributed by atoms with Gasteiger partial charge in [-0.05, 0) is 46.9 Å². The molecule has 1 amide bonds. The van der Waals surface area contributed by atoms with Gasteiger partial charge in [0.25, 0.3) is 5.91 Å². The van der Waals surface area contributed by atoms with Crippen LogP contribution in [0.25, 0.3) is 11.0 Å². The molecule has 0 aliphatic carbocycles. The summed E-state index contributed by atoms with van der Waals surface area (Å²) in [5.74, 6) is -0.306. The Morgan fingerprint density at radius 1 is 1.15 bits per heavy atom. The lowest BCUT2D eigenvalue weighted by molar-refractivity contribution is 0.102. The van der Waals surface area contributed by atoms with Crippen LogP contribution in [0.1, 0.15) is 10.4 Å². The van der Waals surface area contributed by atoms with Crippen molar-refractivity contribution in [2.45, 2.75) is 0 Å². The highest BCUT2D eigenvalue weighted by Crippen LogP contribution is 2.21. The molecule has 0 atom stereocenters. The number of carbonyl (C=O) groups excluding carboxylic acids is 1. The smallest absolute Gasteiger partial charge is 0.262 e. The third-order valence-electron chi connectivity index (χ3n) is 3.63. The number of amides is 1. The van der Waals surface area contributed by atoms with E-state index in [0.29, 0.717) is 16.3 Å². The maximum absolute atomic E-state index is 12.8. The minimum absolute atomic E-state index is 0.266. The van der Waals surface area contributed by atoms with Crippen molar-refractivity contribution in [3.8, 4) is 0 Å². The normalized spacial score (nSPS) is 11.7. The monoisotopic (exact) mass is 473 g/mol. The standard InChI is InChI=1S/C19H12IN3O2S/c20-14-6-2-3-7-15(14)22-18-13(17(24)23-19-21-9-10-26-19)11-12-5-1-4-8-16(12)25-18/h1-11H,(H,21,23,24). The van der Waals surface area contributed by atoms with Gasteiger partial charge >= 0.3 is 0 Å². The van der Waals surface area contributed by atoms with Gasteiger partial charge in [-0.15, -0.1) is 11.3 Å². The summed E-state index contributed by atoms with van der Waals surface area (Å²) in [4.78, 5) is 21.5. The molecule has 0 unspecified atom stereocenters. The molecule has 7 heteroatoms. The number of thiazole rings is 1. The number of carbonyl (C=O) groups is 1. The molecular weight excluding hydrogens is 461 g/mol. The number of rotatable bonds is 3. The van der Waals surface area contributed by atoms with Gasteiger partial charge in [0, 0.05) is 20.5 Å². The summed E-state index contributed by atoms with van der Waals surface area (Å²) >= 11 is 3.56. The van der Waals surface area contributed by atoms with Crippen LogP contribution in [-0.2, 0) is 0 Å². The number of nitrogens with one attached hydrogen (secondary N) is 1. The molecule has 2 heterocycles. The van der Waals surface area contributed by atoms with Crippen molar-refractivity contribution >= 4 is 61.6 Å². The van der Waals surface area contributed by atoms with E-state index in [1.807, 2.05) is 48.5 Å². The molecule has 0 saturated carbocycles. The number of nitrogens with zero attached hydrogens (tertiary/aromatic N) is 2. The van der Waals surface area contributed by atoms with Gasteiger partial charge in [-0.25, -0.2) is 9.98 Å². The Kier molecular flexibility index (Phi) is 4.81. The highest BCUT2D eigenvalue weighted by Gasteiger charge is 2.14. The number of benzene rings is 2. The van der Waals surface area contributed by atoms with Crippen molar-refractivity contribution in [1.82, 2.24) is 4.98 Å². The maximum Gasteiger partial charge on any atom is 0.262 e. The first kappa shape index (κ1) is 16.9. The summed E-state index contributed by atoms with van der Waals surface area (Å²) in [6, 6.07) is 17.0. The van der Waals surface area contributed by atoms with E-state index in [0.717, 1.165) is 14.6 Å². The van der Waals surface area contributed by atoms with Gasteiger partial charge in [-0.2, -0.15) is 0 Å². The number of fused-ring (bicyclic) bond motifs is 1. The van der Waals surface area contributed by atoms with Crippen LogP contribution < -0.4 is 10.9 Å². The van der Waals surface area contributed by atoms with Crippen LogP contribution in [0.2, 0.25) is 0 Å². The predicted molar refractivity (Wildman–Crippen MR) is 111 cm³/mol. The lowest BCUT2D eigenvalue weighted by Gasteiger charge is -2.05. The first-order chi connectivity index (χ1) is 12.7. The van der Waals surface area contributed by atoms with Crippen LogP contribution in [0.5, 0.6) is 0 Å². The first-order valence-corrected chi connectivity index (χ1v) is 9.69. The van der Waals surface area contributed by atoms with E-state index in [1.165, 1.54) is 11.3 Å². The van der Waals surface area contributed by atoms with Gasteiger partial charge < -0.3 is 4.42 Å². The summed E-state index contributed by atoms with van der Waals surface area (Å²) in [6.07, 6.45) is 1.64. The van der Waals surface area contributed by atoms with E-state index >= 15 is 0 Å². The van der Waals surface area contributed by atoms with Gasteiger partial charge in [0.2, 0.25) is 5.55 Å². The fraction of sp³-hybridized carbons (Fsp3) is 0. The second-order valence-corrected chi connectivity index (χ2v) is 7.41. The number of para-hydroxylation sites is 2. The largest absolute Gasteiger partial charge is 0.438 e. The fourth-order valence-corrected chi connectivity index (χ4v) is 3.45. The molecule has 0 aliphatic rings. The topological polar surface area (TPSA) is 67.5 Å². The second kappa shape index (κ2) is 7.38. The van der Waals surface area contributed by atoms with E-state index in [2.05, 4.69) is 37.9 Å². The van der Waals surface area contributed by atoms with E-state index in [1.54, 1.807) is 17.6 Å². The Hall–Kier alpha value is -2.52. The lowest BCUT2D eigenvalue weighted by atomic mass is 10.2. The van der Waals surface area contributed by atoms with Crippen LogP contribution in [0.4, 0.5) is 10.8 Å². The van der Waals surface area contributed by atoms with E-state index in [-0.39, 0.29) is 11.5 Å². The molecule has 0 aliphatic heterocycles. The number of hydrogen-bond acceptors (Lipinski definition) is 5. The summed E-state index contributed by atoms with van der Waals surface area (Å²) in [5, 5.41) is 5.96. The van der Waals surface area contributed by atoms with Gasteiger partial charge in [0.15, 0.2) is 5.13 Å². The number of aromatic nitrogens is 1. The van der Waals surface area contributed by atoms with Crippen molar-refractivity contribution < 1.29 is 9.21 Å². The highest BCUT2D eigenvalue weighted by molar-refractivity contribution is 14.1. The number of anilines is 1. The molecule has 4 rings (SSSR count). The summed E-state index contributed by atoms with van der Waals surface area (Å²) < 4.78 is 6.92. The van der Waals surface area contributed by atoms with E-state index < -0.39 is 0 Å². The lowest BCUT2D eigenvalue weighted by Crippen LogP contribution is -2.21. The second-order valence-electron chi connectivity index (χ2n) is 5.36. The van der Waals surface area contributed by atoms with E-state index in [9.17, 15) is 4.79 Å². The zero-order valence-corrected chi connectivity index (χ0v) is 16.3. The summed E-state index contributed by atoms with van der Waals surface area (Å²) in [7, 11) is 0. The molecular formula is C19H12IN3O2S. The third kappa shape index (κ3) is 3.54. The van der Waals surface area contributed by atoms with Crippen LogP contribution in [0.15, 0.2) is 75.6 Å². The molecule has 0 radical (unpaired) electrons. The molecule has 4 aromatic rings. The quantitative estimate of drug-likeness (QED) is 0.427. The van der Waals surface area contributed by atoms with Gasteiger partial charge in [0.05, 0.1) is 5.69 Å². The Balaban J connectivity index is 1.89.